The number of non-ortho nitro benzene ring substituents is 1. The van der Waals surface area contributed by atoms with Crippen LogP contribution in [0.4, 0.5) is 18.9 Å². The van der Waals surface area contributed by atoms with E-state index in [1.54, 1.807) is 24.3 Å². The normalized spacial score (nSPS) is 16.9. The van der Waals surface area contributed by atoms with Crippen LogP contribution in [0, 0.1) is 10.1 Å². The van der Waals surface area contributed by atoms with E-state index in [0.29, 0.717) is 11.1 Å². The van der Waals surface area contributed by atoms with Crippen molar-refractivity contribution >= 4 is 23.2 Å². The first-order chi connectivity index (χ1) is 14.9. The highest BCUT2D eigenvalue weighted by atomic mass is 19.4. The summed E-state index contributed by atoms with van der Waals surface area (Å²) in [6.45, 7) is 2.86. The van der Waals surface area contributed by atoms with Gasteiger partial charge in [0.2, 0.25) is 0 Å². The van der Waals surface area contributed by atoms with E-state index >= 15 is 0 Å². The smallest absolute Gasteiger partial charge is 0.471 e. The number of nitrogens with zero attached hydrogens (tertiary/aromatic N) is 2. The highest BCUT2D eigenvalue weighted by Crippen LogP contribution is 2.45. The van der Waals surface area contributed by atoms with E-state index in [1.165, 1.54) is 30.9 Å². The molecule has 2 heterocycles. The SMILES string of the molecule is CC1(C)Oc2ccc([N+](=O)[O-])cc2C(N2Cc3ccccc3C2=O)=C1NC(=O)C(F)(F)F. The molecule has 2 aromatic carbocycles. The molecule has 166 valence electrons. The topological polar surface area (TPSA) is 102 Å². The van der Waals surface area contributed by atoms with Crippen LogP contribution in [0.2, 0.25) is 0 Å². The Kier molecular flexibility index (Phi) is 4.72. The monoisotopic (exact) mass is 447 g/mol. The van der Waals surface area contributed by atoms with Crippen LogP contribution in [-0.4, -0.2) is 33.4 Å². The summed E-state index contributed by atoms with van der Waals surface area (Å²) < 4.78 is 45.0. The molecule has 0 atom stereocenters. The minimum Gasteiger partial charge on any atom is -0.481 e. The van der Waals surface area contributed by atoms with Gasteiger partial charge in [-0.15, -0.1) is 0 Å². The Hall–Kier alpha value is -3.89. The molecule has 0 bridgehead atoms. The van der Waals surface area contributed by atoms with Crippen molar-refractivity contribution < 1.29 is 32.4 Å². The molecule has 32 heavy (non-hydrogen) atoms. The molecule has 0 saturated carbocycles. The summed E-state index contributed by atoms with van der Waals surface area (Å²) in [5, 5.41) is 13.2. The van der Waals surface area contributed by atoms with E-state index in [4.69, 9.17) is 4.74 Å². The highest BCUT2D eigenvalue weighted by molar-refractivity contribution is 6.04. The number of amides is 2. The Morgan fingerprint density at radius 2 is 1.88 bits per heavy atom. The fraction of sp³-hybridized carbons (Fsp3) is 0.238. The largest absolute Gasteiger partial charge is 0.481 e. The Morgan fingerprint density at radius 3 is 2.50 bits per heavy atom. The summed E-state index contributed by atoms with van der Waals surface area (Å²) in [5.41, 5.74) is -1.25. The molecule has 0 spiro atoms. The molecule has 0 unspecified atom stereocenters. The van der Waals surface area contributed by atoms with Gasteiger partial charge in [0.05, 0.1) is 22.9 Å². The first-order valence-electron chi connectivity index (χ1n) is 9.40. The van der Waals surface area contributed by atoms with Gasteiger partial charge in [-0.1, -0.05) is 18.2 Å². The van der Waals surface area contributed by atoms with E-state index in [1.807, 2.05) is 5.32 Å². The number of nitro groups is 1. The summed E-state index contributed by atoms with van der Waals surface area (Å²) in [5.74, 6) is -2.63. The number of carbonyl (C=O) groups excluding carboxylic acids is 2. The summed E-state index contributed by atoms with van der Waals surface area (Å²) in [4.78, 5) is 36.8. The van der Waals surface area contributed by atoms with Crippen molar-refractivity contribution in [3.63, 3.8) is 0 Å². The van der Waals surface area contributed by atoms with Crippen LogP contribution in [0.5, 0.6) is 5.75 Å². The van der Waals surface area contributed by atoms with Crippen LogP contribution in [0.15, 0.2) is 48.2 Å². The second-order valence-electron chi connectivity index (χ2n) is 7.77. The lowest BCUT2D eigenvalue weighted by atomic mass is 9.93. The Labute approximate surface area is 179 Å². The van der Waals surface area contributed by atoms with Crippen LogP contribution in [0.3, 0.4) is 0 Å². The van der Waals surface area contributed by atoms with Gasteiger partial charge in [0.25, 0.3) is 11.6 Å². The molecule has 2 amide bonds. The number of nitro benzene ring substituents is 1. The number of halogens is 3. The molecule has 4 rings (SSSR count). The maximum Gasteiger partial charge on any atom is 0.471 e. The van der Waals surface area contributed by atoms with E-state index in [2.05, 4.69) is 0 Å². The summed E-state index contributed by atoms with van der Waals surface area (Å²) in [6.07, 6.45) is -5.20. The number of rotatable bonds is 3. The summed E-state index contributed by atoms with van der Waals surface area (Å²) in [6, 6.07) is 10.2. The third-order valence-electron chi connectivity index (χ3n) is 5.22. The molecule has 0 saturated heterocycles. The van der Waals surface area contributed by atoms with E-state index in [-0.39, 0.29) is 34.9 Å². The second kappa shape index (κ2) is 7.08. The van der Waals surface area contributed by atoms with Crippen LogP contribution < -0.4 is 10.1 Å². The van der Waals surface area contributed by atoms with Crippen LogP contribution in [-0.2, 0) is 11.3 Å². The third-order valence-corrected chi connectivity index (χ3v) is 5.22. The number of carbonyl (C=O) groups is 2. The minimum absolute atomic E-state index is 0.00788. The molecule has 8 nitrogen and oxygen atoms in total. The fourth-order valence-electron chi connectivity index (χ4n) is 3.76. The Balaban J connectivity index is 1.96. The van der Waals surface area contributed by atoms with Crippen molar-refractivity contribution in [2.75, 3.05) is 0 Å². The third kappa shape index (κ3) is 3.45. The molecule has 2 aromatic rings. The van der Waals surface area contributed by atoms with Gasteiger partial charge < -0.3 is 15.0 Å². The number of ether oxygens (including phenoxy) is 1. The van der Waals surface area contributed by atoms with Crippen LogP contribution >= 0.6 is 0 Å². The molecular formula is C21H16F3N3O5. The number of hydrogen-bond donors (Lipinski definition) is 1. The van der Waals surface area contributed by atoms with Crippen molar-refractivity contribution in [1.82, 2.24) is 10.2 Å². The standard InChI is InChI=1S/C21H16F3N3O5/c1-20(2)17(25-19(29)21(22,23)24)16(14-9-12(27(30)31)7-8-15(14)32-20)26-10-11-5-3-4-6-13(11)18(26)28/h3-9H,10H2,1-2H3,(H,25,29). The Bertz CT molecular complexity index is 1200. The highest BCUT2D eigenvalue weighted by Gasteiger charge is 2.46. The molecule has 2 aliphatic rings. The minimum atomic E-state index is -5.20. The molecule has 1 N–H and O–H groups in total. The van der Waals surface area contributed by atoms with E-state index in [9.17, 15) is 32.9 Å². The predicted molar refractivity (Wildman–Crippen MR) is 105 cm³/mol. The number of hydrogen-bond acceptors (Lipinski definition) is 5. The van der Waals surface area contributed by atoms with Crippen LogP contribution in [0.1, 0.15) is 35.3 Å². The molecule has 0 fully saturated rings. The average molecular weight is 447 g/mol. The Morgan fingerprint density at radius 1 is 1.19 bits per heavy atom. The van der Waals surface area contributed by atoms with Crippen molar-refractivity contribution in [1.29, 1.82) is 0 Å². The fourth-order valence-corrected chi connectivity index (χ4v) is 3.76. The van der Waals surface area contributed by atoms with Gasteiger partial charge in [-0.2, -0.15) is 13.2 Å². The summed E-state index contributed by atoms with van der Waals surface area (Å²) >= 11 is 0. The first-order valence-corrected chi connectivity index (χ1v) is 9.40. The van der Waals surface area contributed by atoms with Gasteiger partial charge >= 0.3 is 12.1 Å². The zero-order chi connectivity index (χ0) is 23.4. The molecule has 0 aliphatic carbocycles. The number of fused-ring (bicyclic) bond motifs is 2. The quantitative estimate of drug-likeness (QED) is 0.570. The van der Waals surface area contributed by atoms with Crippen molar-refractivity contribution in [2.45, 2.75) is 32.2 Å². The summed E-state index contributed by atoms with van der Waals surface area (Å²) in [7, 11) is 0. The van der Waals surface area contributed by atoms with Gasteiger partial charge in [-0.3, -0.25) is 19.7 Å². The van der Waals surface area contributed by atoms with Gasteiger partial charge in [0.15, 0.2) is 0 Å². The van der Waals surface area contributed by atoms with Crippen molar-refractivity contribution in [3.8, 4) is 5.75 Å². The van der Waals surface area contributed by atoms with E-state index < -0.39 is 28.5 Å². The van der Waals surface area contributed by atoms with Crippen LogP contribution in [0.25, 0.3) is 5.70 Å². The van der Waals surface area contributed by atoms with E-state index in [0.717, 1.165) is 6.07 Å². The lowest BCUT2D eigenvalue weighted by Crippen LogP contribution is -2.48. The second-order valence-corrected chi connectivity index (χ2v) is 7.77. The van der Waals surface area contributed by atoms with Gasteiger partial charge in [0, 0.05) is 23.3 Å². The lowest BCUT2D eigenvalue weighted by molar-refractivity contribution is -0.384. The number of alkyl halides is 3. The average Bonchev–Trinajstić information content (AvgIpc) is 3.03. The number of nitrogens with one attached hydrogen (secondary N) is 1. The molecule has 2 aliphatic heterocycles. The molecule has 0 aromatic heterocycles. The van der Waals surface area contributed by atoms with Gasteiger partial charge in [0.1, 0.15) is 11.4 Å². The molecule has 11 heteroatoms. The first kappa shape index (κ1) is 21.3. The zero-order valence-electron chi connectivity index (χ0n) is 16.8. The molecule has 0 radical (unpaired) electrons. The predicted octanol–water partition coefficient (Wildman–Crippen LogP) is 3.77. The van der Waals surface area contributed by atoms with Gasteiger partial charge in [-0.25, -0.2) is 0 Å². The number of benzene rings is 2. The maximum atomic E-state index is 13.1. The maximum absolute atomic E-state index is 13.1. The lowest BCUT2D eigenvalue weighted by Gasteiger charge is -2.39. The molecular weight excluding hydrogens is 431 g/mol. The van der Waals surface area contributed by atoms with Crippen molar-refractivity contribution in [3.05, 3.63) is 75.0 Å². The van der Waals surface area contributed by atoms with Crippen molar-refractivity contribution in [2.24, 2.45) is 0 Å². The zero-order valence-corrected chi connectivity index (χ0v) is 16.8. The van der Waals surface area contributed by atoms with Gasteiger partial charge in [-0.05, 0) is 31.5 Å².